The van der Waals surface area contributed by atoms with Crippen LogP contribution in [0.1, 0.15) is 0 Å². The van der Waals surface area contributed by atoms with Crippen molar-refractivity contribution >= 4 is 24.9 Å². The van der Waals surface area contributed by atoms with Crippen LogP contribution in [-0.2, 0) is 0 Å². The van der Waals surface area contributed by atoms with Gasteiger partial charge in [0, 0.05) is 10.3 Å². The van der Waals surface area contributed by atoms with Crippen LogP contribution in [-0.4, -0.2) is 9.04 Å². The Bertz CT molecular complexity index is 235. The first-order chi connectivity index (χ1) is 4.47. The second-order valence-corrected chi connectivity index (χ2v) is 3.76. The maximum Gasteiger partial charge on any atom is 0.0511 e. The molecule has 9 heavy (non-hydrogen) atoms. The van der Waals surface area contributed by atoms with E-state index in [0.29, 0.717) is 0 Å². The monoisotopic (exact) mass is 231 g/mol. The van der Waals surface area contributed by atoms with Gasteiger partial charge < -0.3 is 4.90 Å². The van der Waals surface area contributed by atoms with Gasteiger partial charge in [-0.05, 0) is 16.2 Å². The fourth-order valence-corrected chi connectivity index (χ4v) is 2.72. The quantitative estimate of drug-likeness (QED) is 0.576. The second kappa shape index (κ2) is 2.10. The third kappa shape index (κ3) is 0.871. The number of fused-ring (bicyclic) bond motifs is 1. The van der Waals surface area contributed by atoms with Crippen molar-refractivity contribution in [3.8, 4) is 0 Å². The molecule has 2 heterocycles. The molecule has 2 rings (SSSR count). The van der Waals surface area contributed by atoms with Crippen molar-refractivity contribution in [2.45, 2.75) is 0 Å². The molecule has 0 atom stereocenters. The molecule has 0 aromatic carbocycles. The lowest BCUT2D eigenvalue weighted by Gasteiger charge is -2.13. The van der Waals surface area contributed by atoms with Gasteiger partial charge in [0.2, 0.25) is 0 Å². The Labute approximate surface area is 64.1 Å². The summed E-state index contributed by atoms with van der Waals surface area (Å²) in [5.74, 6) is 0. The van der Waals surface area contributed by atoms with E-state index in [0.717, 1.165) is 0 Å². The molecule has 0 aromatic rings. The zero-order chi connectivity index (χ0) is 6.10. The van der Waals surface area contributed by atoms with E-state index in [4.69, 9.17) is 0 Å². The number of nitrogens with zero attached hydrogens (tertiary/aromatic N) is 1. The van der Waals surface area contributed by atoms with Crippen LogP contribution < -0.4 is 0 Å². The summed E-state index contributed by atoms with van der Waals surface area (Å²) in [6, 6.07) is 0. The number of allylic oxidation sites excluding steroid dienone is 3. The number of halogens is 1. The van der Waals surface area contributed by atoms with E-state index in [9.17, 15) is 0 Å². The lowest BCUT2D eigenvalue weighted by molar-refractivity contribution is 0.747. The van der Waals surface area contributed by atoms with Crippen molar-refractivity contribution in [1.82, 2.24) is 4.90 Å². The maximum atomic E-state index is 2.32. The van der Waals surface area contributed by atoms with E-state index >= 15 is 0 Å². The van der Waals surface area contributed by atoms with Crippen LogP contribution in [0.2, 0.25) is 0 Å². The largest absolute Gasteiger partial charge is 0.318 e. The molecule has 0 aromatic heterocycles. The van der Waals surface area contributed by atoms with E-state index in [-0.39, 0.29) is 20.7 Å². The fourth-order valence-electron chi connectivity index (χ4n) is 0.804. The van der Waals surface area contributed by atoms with E-state index in [1.165, 1.54) is 5.70 Å². The van der Waals surface area contributed by atoms with Gasteiger partial charge in [0.25, 0.3) is 0 Å². The Hall–Kier alpha value is -0.380. The first-order valence-electron chi connectivity index (χ1n) is 2.75. The molecule has 0 radical (unpaired) electrons. The Morgan fingerprint density at radius 2 is 2.33 bits per heavy atom. The Morgan fingerprint density at radius 3 is 3.22 bits per heavy atom. The third-order valence-corrected chi connectivity index (χ3v) is 3.18. The lowest BCUT2D eigenvalue weighted by atomic mass is 10.3. The normalized spacial score (nSPS) is 21.3. The SMILES string of the molecule is C1=CC2=CI=CN2C=C1. The third-order valence-electron chi connectivity index (χ3n) is 1.26. The molecule has 0 fully saturated rings. The highest BCUT2D eigenvalue weighted by molar-refractivity contribution is 14.2. The van der Waals surface area contributed by atoms with Gasteiger partial charge in [0.15, 0.2) is 0 Å². The minimum Gasteiger partial charge on any atom is -0.318 e. The van der Waals surface area contributed by atoms with Crippen LogP contribution in [0.5, 0.6) is 0 Å². The van der Waals surface area contributed by atoms with Gasteiger partial charge in [-0.1, -0.05) is 26.8 Å². The number of rotatable bonds is 0. The van der Waals surface area contributed by atoms with Gasteiger partial charge in [-0.3, -0.25) is 0 Å². The van der Waals surface area contributed by atoms with E-state index < -0.39 is 0 Å². The van der Waals surface area contributed by atoms with Gasteiger partial charge in [-0.2, -0.15) is 0 Å². The van der Waals surface area contributed by atoms with E-state index in [1.54, 1.807) is 0 Å². The molecule has 0 amide bonds. The zero-order valence-electron chi connectivity index (χ0n) is 4.79. The molecule has 2 heteroatoms. The van der Waals surface area contributed by atoms with Crippen molar-refractivity contribution in [1.29, 1.82) is 0 Å². The summed E-state index contributed by atoms with van der Waals surface area (Å²) >= 11 is 0.225. The van der Waals surface area contributed by atoms with Gasteiger partial charge >= 0.3 is 0 Å². The molecule has 0 bridgehead atoms. The van der Waals surface area contributed by atoms with Crippen LogP contribution >= 0.6 is 20.7 Å². The number of hydrogen-bond acceptors (Lipinski definition) is 1. The molecule has 0 saturated heterocycles. The molecule has 46 valence electrons. The maximum absolute atomic E-state index is 2.32. The fraction of sp³-hybridized carbons (Fsp3) is 0. The summed E-state index contributed by atoms with van der Waals surface area (Å²) in [7, 11) is 0. The topological polar surface area (TPSA) is 3.24 Å². The molecule has 0 aliphatic carbocycles. The Morgan fingerprint density at radius 1 is 1.33 bits per heavy atom. The Balaban J connectivity index is 2.40. The minimum atomic E-state index is 0.225. The van der Waals surface area contributed by atoms with E-state index in [1.807, 2.05) is 0 Å². The van der Waals surface area contributed by atoms with Crippen molar-refractivity contribution in [2.24, 2.45) is 0 Å². The summed E-state index contributed by atoms with van der Waals surface area (Å²) < 4.78 is 4.59. The zero-order valence-corrected chi connectivity index (χ0v) is 6.95. The van der Waals surface area contributed by atoms with Gasteiger partial charge in [-0.15, -0.1) is 0 Å². The van der Waals surface area contributed by atoms with Crippen molar-refractivity contribution in [3.05, 3.63) is 34.2 Å². The molecule has 2 aliphatic rings. The highest BCUT2D eigenvalue weighted by atomic mass is 127. The van der Waals surface area contributed by atoms with Crippen LogP contribution in [0.25, 0.3) is 0 Å². The van der Waals surface area contributed by atoms with Gasteiger partial charge in [0.05, 0.1) is 5.70 Å². The molecule has 0 unspecified atom stereocenters. The first-order valence-corrected chi connectivity index (χ1v) is 5.25. The van der Waals surface area contributed by atoms with Crippen LogP contribution in [0.3, 0.4) is 0 Å². The summed E-state index contributed by atoms with van der Waals surface area (Å²) in [6.07, 6.45) is 8.37. The van der Waals surface area contributed by atoms with Crippen LogP contribution in [0.4, 0.5) is 0 Å². The predicted octanol–water partition coefficient (Wildman–Crippen LogP) is 1.96. The van der Waals surface area contributed by atoms with Crippen LogP contribution in [0, 0.1) is 0 Å². The van der Waals surface area contributed by atoms with Crippen molar-refractivity contribution in [3.63, 3.8) is 0 Å². The average molecular weight is 231 g/mol. The summed E-state index contributed by atoms with van der Waals surface area (Å²) in [6.45, 7) is 0. The molecule has 2 aliphatic heterocycles. The Kier molecular flexibility index (Phi) is 1.26. The van der Waals surface area contributed by atoms with E-state index in [2.05, 4.69) is 37.5 Å². The number of hydrogen-bond donors (Lipinski definition) is 0. The highest BCUT2D eigenvalue weighted by Crippen LogP contribution is 2.21. The average Bonchev–Trinajstić information content (AvgIpc) is 2.33. The summed E-state index contributed by atoms with van der Waals surface area (Å²) in [4.78, 5) is 2.19. The highest BCUT2D eigenvalue weighted by Gasteiger charge is 2.05. The molecule has 0 saturated carbocycles. The second-order valence-electron chi connectivity index (χ2n) is 1.87. The van der Waals surface area contributed by atoms with Gasteiger partial charge in [-0.25, -0.2) is 0 Å². The minimum absolute atomic E-state index is 0.225. The molecular weight excluding hydrogens is 225 g/mol. The first kappa shape index (κ1) is 5.41. The summed E-state index contributed by atoms with van der Waals surface area (Å²) in [5, 5.41) is 0. The standard InChI is InChI=1S/C7H6IN/c1-2-4-9-6-8-5-7(9)3-1/h1-6H. The van der Waals surface area contributed by atoms with Crippen molar-refractivity contribution in [2.75, 3.05) is 0 Å². The van der Waals surface area contributed by atoms with Crippen LogP contribution in [0.15, 0.2) is 34.2 Å². The van der Waals surface area contributed by atoms with Crippen molar-refractivity contribution < 1.29 is 0 Å². The van der Waals surface area contributed by atoms with Gasteiger partial charge in [0.1, 0.15) is 0 Å². The molecule has 0 N–H and O–H groups in total. The molecule has 1 nitrogen and oxygen atoms in total. The smallest absolute Gasteiger partial charge is 0.0511 e. The lowest BCUT2D eigenvalue weighted by Crippen LogP contribution is -2.09. The molecule has 0 spiro atoms. The summed E-state index contributed by atoms with van der Waals surface area (Å²) in [5.41, 5.74) is 1.35. The predicted molar refractivity (Wildman–Crippen MR) is 48.3 cm³/mol. The molecular formula is C7H6IN.